The molecule has 0 saturated heterocycles. The Morgan fingerprint density at radius 3 is 2.81 bits per heavy atom. The Morgan fingerprint density at radius 2 is 2.12 bits per heavy atom. The largest absolute Gasteiger partial charge is 0.383 e. The number of fused-ring (bicyclic) bond motifs is 1. The van der Waals surface area contributed by atoms with E-state index in [4.69, 9.17) is 4.74 Å². The van der Waals surface area contributed by atoms with Crippen LogP contribution < -0.4 is 0 Å². The molecule has 7 nitrogen and oxygen atoms in total. The van der Waals surface area contributed by atoms with Gasteiger partial charge in [-0.15, -0.1) is 0 Å². The fraction of sp³-hybridized carbons (Fsp3) is 0.368. The lowest BCUT2D eigenvalue weighted by Crippen LogP contribution is -2.34. The summed E-state index contributed by atoms with van der Waals surface area (Å²) in [6.45, 7) is 5.14. The number of aromatic nitrogens is 4. The summed E-state index contributed by atoms with van der Waals surface area (Å²) in [7, 11) is 3.47. The van der Waals surface area contributed by atoms with E-state index in [1.807, 2.05) is 45.2 Å². The summed E-state index contributed by atoms with van der Waals surface area (Å²) >= 11 is 0. The van der Waals surface area contributed by atoms with Gasteiger partial charge in [0.25, 0.3) is 5.91 Å². The number of ether oxygens (including phenoxy) is 1. The summed E-state index contributed by atoms with van der Waals surface area (Å²) < 4.78 is 6.91. The molecule has 136 valence electrons. The lowest BCUT2D eigenvalue weighted by molar-refractivity contribution is 0.0679. The van der Waals surface area contributed by atoms with Gasteiger partial charge in [0, 0.05) is 32.6 Å². The van der Waals surface area contributed by atoms with Crippen LogP contribution in [0, 0.1) is 13.8 Å². The average molecular weight is 353 g/mol. The SMILES string of the molecule is COCCN(Cc1ccccn1)C(=O)c1cc(C)nc2c1c(C)nn2C. The van der Waals surface area contributed by atoms with Crippen molar-refractivity contribution in [1.29, 1.82) is 0 Å². The molecule has 0 fully saturated rings. The first-order valence-corrected chi connectivity index (χ1v) is 8.50. The van der Waals surface area contributed by atoms with Gasteiger partial charge in [0.15, 0.2) is 5.65 Å². The molecule has 3 heterocycles. The van der Waals surface area contributed by atoms with E-state index < -0.39 is 0 Å². The Labute approximate surface area is 152 Å². The van der Waals surface area contributed by atoms with Crippen molar-refractivity contribution in [3.05, 3.63) is 53.1 Å². The number of rotatable bonds is 6. The molecule has 0 radical (unpaired) electrons. The molecule has 3 aromatic heterocycles. The number of amides is 1. The van der Waals surface area contributed by atoms with Gasteiger partial charge in [-0.1, -0.05) is 6.07 Å². The van der Waals surface area contributed by atoms with Crippen LogP contribution in [0.15, 0.2) is 30.5 Å². The Bertz CT molecular complexity index is 921. The van der Waals surface area contributed by atoms with E-state index in [1.165, 1.54) is 0 Å². The number of aryl methyl sites for hydroxylation is 3. The van der Waals surface area contributed by atoms with Crippen molar-refractivity contribution < 1.29 is 9.53 Å². The minimum atomic E-state index is -0.0701. The van der Waals surface area contributed by atoms with Crippen molar-refractivity contribution in [2.75, 3.05) is 20.3 Å². The van der Waals surface area contributed by atoms with E-state index in [-0.39, 0.29) is 5.91 Å². The van der Waals surface area contributed by atoms with Crippen LogP contribution in [0.5, 0.6) is 0 Å². The summed E-state index contributed by atoms with van der Waals surface area (Å²) in [5.41, 5.74) is 3.75. The van der Waals surface area contributed by atoms with Gasteiger partial charge in [0.05, 0.1) is 35.5 Å². The van der Waals surface area contributed by atoms with Crippen molar-refractivity contribution in [2.45, 2.75) is 20.4 Å². The summed E-state index contributed by atoms with van der Waals surface area (Å²) in [5, 5.41) is 5.22. The molecular weight excluding hydrogens is 330 g/mol. The number of carbonyl (C=O) groups is 1. The van der Waals surface area contributed by atoms with Crippen molar-refractivity contribution in [1.82, 2.24) is 24.6 Å². The molecule has 7 heteroatoms. The molecule has 0 aliphatic rings. The van der Waals surface area contributed by atoms with Crippen LogP contribution >= 0.6 is 0 Å². The van der Waals surface area contributed by atoms with Crippen molar-refractivity contribution in [3.63, 3.8) is 0 Å². The van der Waals surface area contributed by atoms with Gasteiger partial charge in [-0.3, -0.25) is 14.5 Å². The molecule has 0 aliphatic carbocycles. The third kappa shape index (κ3) is 3.57. The Hall–Kier alpha value is -2.80. The molecule has 0 unspecified atom stereocenters. The molecular formula is C19H23N5O2. The zero-order valence-corrected chi connectivity index (χ0v) is 15.6. The van der Waals surface area contributed by atoms with Crippen molar-refractivity contribution in [2.24, 2.45) is 7.05 Å². The minimum Gasteiger partial charge on any atom is -0.383 e. The zero-order chi connectivity index (χ0) is 18.7. The predicted octanol–water partition coefficient (Wildman–Crippen LogP) is 2.27. The Morgan fingerprint density at radius 1 is 1.31 bits per heavy atom. The number of hydrogen-bond acceptors (Lipinski definition) is 5. The van der Waals surface area contributed by atoms with Crippen LogP contribution in [0.1, 0.15) is 27.4 Å². The fourth-order valence-corrected chi connectivity index (χ4v) is 3.05. The van der Waals surface area contributed by atoms with Crippen LogP contribution in [0.2, 0.25) is 0 Å². The molecule has 0 spiro atoms. The lowest BCUT2D eigenvalue weighted by Gasteiger charge is -2.22. The molecule has 0 bridgehead atoms. The van der Waals surface area contributed by atoms with E-state index >= 15 is 0 Å². The first kappa shape index (κ1) is 18.0. The Kier molecular flexibility index (Phi) is 5.27. The number of methoxy groups -OCH3 is 1. The lowest BCUT2D eigenvalue weighted by atomic mass is 10.1. The van der Waals surface area contributed by atoms with Crippen LogP contribution in [0.4, 0.5) is 0 Å². The highest BCUT2D eigenvalue weighted by atomic mass is 16.5. The fourth-order valence-electron chi connectivity index (χ4n) is 3.05. The molecule has 3 rings (SSSR count). The average Bonchev–Trinajstić information content (AvgIpc) is 2.92. The monoisotopic (exact) mass is 353 g/mol. The second kappa shape index (κ2) is 7.61. The predicted molar refractivity (Wildman–Crippen MR) is 98.8 cm³/mol. The van der Waals surface area contributed by atoms with E-state index in [1.54, 1.807) is 22.9 Å². The maximum absolute atomic E-state index is 13.4. The van der Waals surface area contributed by atoms with Gasteiger partial charge in [0.1, 0.15) is 0 Å². The molecule has 3 aromatic rings. The minimum absolute atomic E-state index is 0.0701. The number of carbonyl (C=O) groups excluding carboxylic acids is 1. The first-order chi connectivity index (χ1) is 12.5. The molecule has 0 saturated carbocycles. The quantitative estimate of drug-likeness (QED) is 0.680. The maximum atomic E-state index is 13.4. The highest BCUT2D eigenvalue weighted by Gasteiger charge is 2.22. The summed E-state index contributed by atoms with van der Waals surface area (Å²) in [6.07, 6.45) is 1.73. The van der Waals surface area contributed by atoms with Crippen LogP contribution in [0.25, 0.3) is 11.0 Å². The van der Waals surface area contributed by atoms with E-state index in [0.29, 0.717) is 25.3 Å². The van der Waals surface area contributed by atoms with Gasteiger partial charge >= 0.3 is 0 Å². The van der Waals surface area contributed by atoms with E-state index in [9.17, 15) is 4.79 Å². The topological polar surface area (TPSA) is 73.1 Å². The second-order valence-corrected chi connectivity index (χ2v) is 6.26. The smallest absolute Gasteiger partial charge is 0.255 e. The molecule has 0 aliphatic heterocycles. The maximum Gasteiger partial charge on any atom is 0.255 e. The van der Waals surface area contributed by atoms with Crippen LogP contribution in [0.3, 0.4) is 0 Å². The van der Waals surface area contributed by atoms with Gasteiger partial charge in [-0.05, 0) is 32.0 Å². The number of nitrogens with zero attached hydrogens (tertiary/aromatic N) is 5. The van der Waals surface area contributed by atoms with Gasteiger partial charge in [-0.2, -0.15) is 5.10 Å². The number of hydrogen-bond donors (Lipinski definition) is 0. The Balaban J connectivity index is 2.02. The standard InChI is InChI=1S/C19H23N5O2/c1-13-11-16(17-14(2)22-23(3)18(17)21-13)19(25)24(9-10-26-4)12-15-7-5-6-8-20-15/h5-8,11H,9-10,12H2,1-4H3. The summed E-state index contributed by atoms with van der Waals surface area (Å²) in [6, 6.07) is 7.52. The highest BCUT2D eigenvalue weighted by Crippen LogP contribution is 2.23. The molecule has 0 N–H and O–H groups in total. The van der Waals surface area contributed by atoms with Gasteiger partial charge < -0.3 is 9.64 Å². The van der Waals surface area contributed by atoms with Gasteiger partial charge in [0.2, 0.25) is 0 Å². The third-order valence-corrected chi connectivity index (χ3v) is 4.26. The second-order valence-electron chi connectivity index (χ2n) is 6.26. The van der Waals surface area contributed by atoms with Crippen molar-refractivity contribution >= 4 is 16.9 Å². The zero-order valence-electron chi connectivity index (χ0n) is 15.6. The first-order valence-electron chi connectivity index (χ1n) is 8.50. The van der Waals surface area contributed by atoms with Crippen LogP contribution in [-0.2, 0) is 18.3 Å². The summed E-state index contributed by atoms with van der Waals surface area (Å²) in [4.78, 5) is 24.0. The third-order valence-electron chi connectivity index (χ3n) is 4.26. The molecule has 1 amide bonds. The molecule has 0 aromatic carbocycles. The highest BCUT2D eigenvalue weighted by molar-refractivity contribution is 6.06. The molecule has 0 atom stereocenters. The summed E-state index contributed by atoms with van der Waals surface area (Å²) in [5.74, 6) is -0.0701. The normalized spacial score (nSPS) is 11.1. The number of pyridine rings is 2. The van der Waals surface area contributed by atoms with Crippen LogP contribution in [-0.4, -0.2) is 50.8 Å². The van der Waals surface area contributed by atoms with Crippen molar-refractivity contribution in [3.8, 4) is 0 Å². The van der Waals surface area contributed by atoms with Gasteiger partial charge in [-0.25, -0.2) is 4.98 Å². The van der Waals surface area contributed by atoms with E-state index in [2.05, 4.69) is 15.1 Å². The van der Waals surface area contributed by atoms with E-state index in [0.717, 1.165) is 28.1 Å². The molecule has 26 heavy (non-hydrogen) atoms.